The molecule has 0 saturated heterocycles. The second-order valence-corrected chi connectivity index (χ2v) is 5.47. The molecule has 0 saturated carbocycles. The number of carboxylic acid groups (broad SMARTS) is 1. The summed E-state index contributed by atoms with van der Waals surface area (Å²) in [4.78, 5) is 14.9. The Labute approximate surface area is 128 Å². The van der Waals surface area contributed by atoms with Crippen LogP contribution in [0.5, 0.6) is 5.75 Å². The van der Waals surface area contributed by atoms with Crippen LogP contribution >= 0.6 is 11.8 Å². The number of benzene rings is 1. The van der Waals surface area contributed by atoms with Gasteiger partial charge in [-0.2, -0.15) is 0 Å². The highest BCUT2D eigenvalue weighted by atomic mass is 32.2. The van der Waals surface area contributed by atoms with E-state index in [1.54, 1.807) is 6.20 Å². The number of thioether (sulfide) groups is 1. The number of imidazole rings is 1. The zero-order valence-corrected chi connectivity index (χ0v) is 12.7. The van der Waals surface area contributed by atoms with E-state index in [1.807, 2.05) is 41.8 Å². The van der Waals surface area contributed by atoms with Crippen molar-refractivity contribution in [3.8, 4) is 5.75 Å². The zero-order chi connectivity index (χ0) is 15.1. The van der Waals surface area contributed by atoms with Crippen LogP contribution in [0.3, 0.4) is 0 Å². The van der Waals surface area contributed by atoms with Gasteiger partial charge in [0.25, 0.3) is 0 Å². The van der Waals surface area contributed by atoms with Crippen LogP contribution in [0.1, 0.15) is 12.1 Å². The standard InChI is InChI=1S/C15H18N2O3S/c1-12-10-16-15(21-11-14(18)19)17(12)8-5-9-20-13-6-3-2-4-7-13/h2-4,6-7,10H,5,8-9,11H2,1H3,(H,18,19). The van der Waals surface area contributed by atoms with Crippen LogP contribution in [0.15, 0.2) is 41.7 Å². The van der Waals surface area contributed by atoms with Gasteiger partial charge in [-0.1, -0.05) is 30.0 Å². The molecule has 1 aromatic heterocycles. The second kappa shape index (κ2) is 7.73. The molecule has 1 aromatic carbocycles. The number of rotatable bonds is 8. The largest absolute Gasteiger partial charge is 0.494 e. The van der Waals surface area contributed by atoms with Crippen molar-refractivity contribution in [1.82, 2.24) is 9.55 Å². The number of carboxylic acids is 1. The van der Waals surface area contributed by atoms with Crippen molar-refractivity contribution in [2.45, 2.75) is 25.0 Å². The predicted octanol–water partition coefficient (Wildman–Crippen LogP) is 2.84. The highest BCUT2D eigenvalue weighted by Crippen LogP contribution is 2.18. The van der Waals surface area contributed by atoms with Crippen LogP contribution in [-0.4, -0.2) is 33.0 Å². The Bertz CT molecular complexity index is 584. The van der Waals surface area contributed by atoms with Crippen molar-refractivity contribution >= 4 is 17.7 Å². The summed E-state index contributed by atoms with van der Waals surface area (Å²) in [5.41, 5.74) is 1.03. The lowest BCUT2D eigenvalue weighted by Crippen LogP contribution is -2.08. The van der Waals surface area contributed by atoms with Gasteiger partial charge in [-0.05, 0) is 25.5 Å². The zero-order valence-electron chi connectivity index (χ0n) is 11.9. The lowest BCUT2D eigenvalue weighted by Gasteiger charge is -2.10. The van der Waals surface area contributed by atoms with Crippen LogP contribution in [0.2, 0.25) is 0 Å². The van der Waals surface area contributed by atoms with Gasteiger partial charge in [0.05, 0.1) is 12.4 Å². The Balaban J connectivity index is 1.82. The molecule has 0 fully saturated rings. The van der Waals surface area contributed by atoms with Crippen molar-refractivity contribution in [3.05, 3.63) is 42.2 Å². The fraction of sp³-hybridized carbons (Fsp3) is 0.333. The molecule has 2 rings (SSSR count). The van der Waals surface area contributed by atoms with E-state index in [2.05, 4.69) is 4.98 Å². The Kier molecular flexibility index (Phi) is 5.68. The van der Waals surface area contributed by atoms with Crippen molar-refractivity contribution in [3.63, 3.8) is 0 Å². The van der Waals surface area contributed by atoms with Crippen LogP contribution < -0.4 is 4.74 Å². The third kappa shape index (κ3) is 4.82. The molecule has 0 radical (unpaired) electrons. The van der Waals surface area contributed by atoms with Gasteiger partial charge < -0.3 is 14.4 Å². The van der Waals surface area contributed by atoms with Gasteiger partial charge in [-0.3, -0.25) is 4.79 Å². The fourth-order valence-electron chi connectivity index (χ4n) is 1.88. The number of para-hydroxylation sites is 1. The Morgan fingerprint density at radius 1 is 1.38 bits per heavy atom. The SMILES string of the molecule is Cc1cnc(SCC(=O)O)n1CCCOc1ccccc1. The number of aryl methyl sites for hydroxylation is 1. The topological polar surface area (TPSA) is 64.3 Å². The summed E-state index contributed by atoms with van der Waals surface area (Å²) < 4.78 is 7.68. The summed E-state index contributed by atoms with van der Waals surface area (Å²) in [6.45, 7) is 3.35. The molecule has 0 atom stereocenters. The fourth-order valence-corrected chi connectivity index (χ4v) is 2.65. The minimum atomic E-state index is -0.834. The average Bonchev–Trinajstić information content (AvgIpc) is 2.83. The van der Waals surface area contributed by atoms with Crippen molar-refractivity contribution < 1.29 is 14.6 Å². The molecule has 2 aromatic rings. The summed E-state index contributed by atoms with van der Waals surface area (Å²) in [6, 6.07) is 9.69. The first-order valence-corrected chi connectivity index (χ1v) is 7.70. The molecule has 21 heavy (non-hydrogen) atoms. The summed E-state index contributed by atoms with van der Waals surface area (Å²) in [7, 11) is 0. The second-order valence-electron chi connectivity index (χ2n) is 4.53. The van der Waals surface area contributed by atoms with Gasteiger partial charge in [0.15, 0.2) is 5.16 Å². The molecule has 0 unspecified atom stereocenters. The first-order chi connectivity index (χ1) is 10.2. The van der Waals surface area contributed by atoms with Crippen LogP contribution in [0.25, 0.3) is 0 Å². The maximum Gasteiger partial charge on any atom is 0.313 e. The minimum Gasteiger partial charge on any atom is -0.494 e. The lowest BCUT2D eigenvalue weighted by molar-refractivity contribution is -0.133. The van der Waals surface area contributed by atoms with Crippen LogP contribution in [-0.2, 0) is 11.3 Å². The Hall–Kier alpha value is -1.95. The number of carbonyl (C=O) groups is 1. The number of nitrogens with zero attached hydrogens (tertiary/aromatic N) is 2. The van der Waals surface area contributed by atoms with E-state index >= 15 is 0 Å². The van der Waals surface area contributed by atoms with Crippen LogP contribution in [0.4, 0.5) is 0 Å². The van der Waals surface area contributed by atoms with Crippen molar-refractivity contribution in [1.29, 1.82) is 0 Å². The number of hydrogen-bond acceptors (Lipinski definition) is 4. The van der Waals surface area contributed by atoms with Gasteiger partial charge in [0, 0.05) is 18.4 Å². The monoisotopic (exact) mass is 306 g/mol. The molecule has 0 bridgehead atoms. The lowest BCUT2D eigenvalue weighted by atomic mass is 10.3. The summed E-state index contributed by atoms with van der Waals surface area (Å²) in [5, 5.41) is 9.48. The van der Waals surface area contributed by atoms with E-state index in [-0.39, 0.29) is 5.75 Å². The molecule has 5 nitrogen and oxygen atoms in total. The minimum absolute atomic E-state index is 0.0248. The van der Waals surface area contributed by atoms with E-state index in [0.717, 1.165) is 29.6 Å². The highest BCUT2D eigenvalue weighted by Gasteiger charge is 2.09. The van der Waals surface area contributed by atoms with E-state index in [0.29, 0.717) is 6.61 Å². The molecule has 0 aliphatic heterocycles. The Morgan fingerprint density at radius 2 is 2.14 bits per heavy atom. The molecule has 6 heteroatoms. The quantitative estimate of drug-likeness (QED) is 0.600. The maximum absolute atomic E-state index is 10.6. The first kappa shape index (κ1) is 15.4. The molecular formula is C15H18N2O3S. The number of ether oxygens (including phenoxy) is 1. The Morgan fingerprint density at radius 3 is 2.86 bits per heavy atom. The predicted molar refractivity (Wildman–Crippen MR) is 81.9 cm³/mol. The number of aromatic nitrogens is 2. The van der Waals surface area contributed by atoms with Crippen LogP contribution in [0, 0.1) is 6.92 Å². The van der Waals surface area contributed by atoms with E-state index in [9.17, 15) is 4.79 Å². The maximum atomic E-state index is 10.6. The molecular weight excluding hydrogens is 288 g/mol. The van der Waals surface area contributed by atoms with E-state index in [1.165, 1.54) is 11.8 Å². The van der Waals surface area contributed by atoms with Gasteiger partial charge >= 0.3 is 5.97 Å². The third-order valence-electron chi connectivity index (χ3n) is 2.88. The number of hydrogen-bond donors (Lipinski definition) is 1. The molecule has 0 spiro atoms. The highest BCUT2D eigenvalue weighted by molar-refractivity contribution is 7.99. The summed E-state index contributed by atoms with van der Waals surface area (Å²) in [5.74, 6) is 0.0525. The molecule has 0 aliphatic carbocycles. The molecule has 112 valence electrons. The summed E-state index contributed by atoms with van der Waals surface area (Å²) >= 11 is 1.24. The van der Waals surface area contributed by atoms with Crippen molar-refractivity contribution in [2.75, 3.05) is 12.4 Å². The average molecular weight is 306 g/mol. The van der Waals surface area contributed by atoms with E-state index in [4.69, 9.17) is 9.84 Å². The molecule has 1 heterocycles. The van der Waals surface area contributed by atoms with Gasteiger partial charge in [-0.15, -0.1) is 0 Å². The third-order valence-corrected chi connectivity index (χ3v) is 3.86. The van der Waals surface area contributed by atoms with Gasteiger partial charge in [0.1, 0.15) is 5.75 Å². The number of aliphatic carboxylic acids is 1. The van der Waals surface area contributed by atoms with Crippen molar-refractivity contribution in [2.24, 2.45) is 0 Å². The normalized spacial score (nSPS) is 10.5. The van der Waals surface area contributed by atoms with Gasteiger partial charge in [0.2, 0.25) is 0 Å². The first-order valence-electron chi connectivity index (χ1n) is 6.71. The smallest absolute Gasteiger partial charge is 0.313 e. The molecule has 0 amide bonds. The van der Waals surface area contributed by atoms with E-state index < -0.39 is 5.97 Å². The van der Waals surface area contributed by atoms with Gasteiger partial charge in [-0.25, -0.2) is 4.98 Å². The molecule has 1 N–H and O–H groups in total. The summed E-state index contributed by atoms with van der Waals surface area (Å²) in [6.07, 6.45) is 2.61. The molecule has 0 aliphatic rings.